The van der Waals surface area contributed by atoms with E-state index in [4.69, 9.17) is 24.4 Å². The van der Waals surface area contributed by atoms with Crippen LogP contribution in [0.1, 0.15) is 19.4 Å². The number of anilines is 1. The lowest BCUT2D eigenvalue weighted by Crippen LogP contribution is -2.44. The number of nitrogens with one attached hydrogen (secondary N) is 1. The highest BCUT2D eigenvalue weighted by Crippen LogP contribution is 2.41. The minimum atomic E-state index is 0. The number of aromatic nitrogens is 3. The molecule has 33 heavy (non-hydrogen) atoms. The Hall–Kier alpha value is -2.68. The molecule has 7 nitrogen and oxygen atoms in total. The second-order valence-corrected chi connectivity index (χ2v) is 8.71. The predicted molar refractivity (Wildman–Crippen MR) is 138 cm³/mol. The van der Waals surface area contributed by atoms with E-state index in [-0.39, 0.29) is 12.4 Å². The number of ether oxygens (including phenoxy) is 2. The topological polar surface area (TPSA) is 72.4 Å². The highest BCUT2D eigenvalue weighted by Gasteiger charge is 2.22. The molecule has 0 saturated carbocycles. The Morgan fingerprint density at radius 1 is 1.06 bits per heavy atom. The number of thiophene rings is 1. The number of piperazine rings is 1. The zero-order valence-electron chi connectivity index (χ0n) is 19.1. The highest BCUT2D eigenvalue weighted by molar-refractivity contribution is 7.25. The van der Waals surface area contributed by atoms with Gasteiger partial charge in [-0.3, -0.25) is 0 Å². The summed E-state index contributed by atoms with van der Waals surface area (Å²) in [5, 5.41) is 4.50. The van der Waals surface area contributed by atoms with E-state index in [1.165, 1.54) is 5.56 Å². The van der Waals surface area contributed by atoms with Crippen LogP contribution >= 0.6 is 23.7 Å². The molecule has 1 fully saturated rings. The van der Waals surface area contributed by atoms with Crippen LogP contribution in [-0.4, -0.2) is 54.8 Å². The molecule has 0 amide bonds. The van der Waals surface area contributed by atoms with Gasteiger partial charge in [0.2, 0.25) is 11.8 Å². The van der Waals surface area contributed by atoms with Crippen LogP contribution in [0.5, 0.6) is 11.6 Å². The van der Waals surface area contributed by atoms with E-state index in [9.17, 15) is 0 Å². The summed E-state index contributed by atoms with van der Waals surface area (Å²) in [5.74, 6) is 2.23. The molecule has 4 heterocycles. The van der Waals surface area contributed by atoms with E-state index < -0.39 is 0 Å². The molecule has 1 aliphatic heterocycles. The summed E-state index contributed by atoms with van der Waals surface area (Å²) < 4.78 is 12.2. The monoisotopic (exact) mass is 485 g/mol. The van der Waals surface area contributed by atoms with Crippen LogP contribution in [0.25, 0.3) is 31.7 Å². The van der Waals surface area contributed by atoms with Gasteiger partial charge in [-0.25, -0.2) is 9.97 Å². The lowest BCUT2D eigenvalue weighted by Gasteiger charge is -2.27. The molecule has 0 aliphatic carbocycles. The maximum absolute atomic E-state index is 5.97. The van der Waals surface area contributed by atoms with Crippen LogP contribution in [0.3, 0.4) is 0 Å². The first-order valence-corrected chi connectivity index (χ1v) is 11.9. The number of aryl methyl sites for hydroxylation is 1. The molecule has 3 aromatic heterocycles. The second-order valence-electron chi connectivity index (χ2n) is 7.71. The molecule has 1 N–H and O–H groups in total. The Kier molecular flexibility index (Phi) is 7.17. The average Bonchev–Trinajstić information content (AvgIpc) is 3.23. The van der Waals surface area contributed by atoms with E-state index >= 15 is 0 Å². The number of rotatable bonds is 6. The third kappa shape index (κ3) is 4.43. The number of benzene rings is 1. The molecule has 0 unspecified atom stereocenters. The second kappa shape index (κ2) is 10.1. The first-order valence-electron chi connectivity index (χ1n) is 11.1. The molecule has 5 rings (SSSR count). The largest absolute Gasteiger partial charge is 0.497 e. The Morgan fingerprint density at radius 2 is 1.82 bits per heavy atom. The average molecular weight is 486 g/mol. The van der Waals surface area contributed by atoms with Gasteiger partial charge < -0.3 is 19.7 Å². The van der Waals surface area contributed by atoms with Crippen LogP contribution in [0.2, 0.25) is 0 Å². The number of halogens is 1. The van der Waals surface area contributed by atoms with Crippen molar-refractivity contribution in [2.24, 2.45) is 0 Å². The predicted octanol–water partition coefficient (Wildman–Crippen LogP) is 4.71. The highest BCUT2D eigenvalue weighted by atomic mass is 35.5. The third-order valence-electron chi connectivity index (χ3n) is 5.77. The maximum atomic E-state index is 5.97. The number of hydrogen-bond acceptors (Lipinski definition) is 8. The van der Waals surface area contributed by atoms with Crippen molar-refractivity contribution >= 4 is 50.1 Å². The molecule has 1 saturated heterocycles. The fourth-order valence-corrected chi connectivity index (χ4v) is 5.21. The van der Waals surface area contributed by atoms with Gasteiger partial charge in [0, 0.05) is 37.1 Å². The standard InChI is InChI=1S/C24H27N5O2S.ClH/c1-4-15-14-18(16-6-8-17(30-3)9-7-16)26-23-19(15)20-21(32-23)22(31-5-2)28-24(27-20)29-12-10-25-11-13-29;/h6-9,14,25H,4-5,10-13H2,1-3H3;1H. The van der Waals surface area contributed by atoms with Gasteiger partial charge >= 0.3 is 0 Å². The number of methoxy groups -OCH3 is 1. The van der Waals surface area contributed by atoms with Gasteiger partial charge in [0.15, 0.2) is 0 Å². The van der Waals surface area contributed by atoms with Crippen LogP contribution in [-0.2, 0) is 6.42 Å². The molecule has 0 radical (unpaired) electrons. The molecule has 0 bridgehead atoms. The molecule has 4 aromatic rings. The van der Waals surface area contributed by atoms with Gasteiger partial charge in [-0.05, 0) is 49.2 Å². The summed E-state index contributed by atoms with van der Waals surface area (Å²) in [5.41, 5.74) is 4.20. The summed E-state index contributed by atoms with van der Waals surface area (Å²) in [7, 11) is 1.68. The number of pyridine rings is 1. The first kappa shape index (κ1) is 23.5. The van der Waals surface area contributed by atoms with Crippen molar-refractivity contribution in [2.75, 3.05) is 44.8 Å². The molecule has 1 aliphatic rings. The van der Waals surface area contributed by atoms with Crippen molar-refractivity contribution in [2.45, 2.75) is 20.3 Å². The van der Waals surface area contributed by atoms with E-state index in [1.807, 2.05) is 31.2 Å². The van der Waals surface area contributed by atoms with Gasteiger partial charge in [0.05, 0.1) is 19.4 Å². The Labute approximate surface area is 203 Å². The summed E-state index contributed by atoms with van der Waals surface area (Å²) in [6.45, 7) is 8.37. The van der Waals surface area contributed by atoms with Crippen molar-refractivity contribution in [3.05, 3.63) is 35.9 Å². The zero-order chi connectivity index (χ0) is 22.1. The lowest BCUT2D eigenvalue weighted by molar-refractivity contribution is 0.331. The Bertz CT molecular complexity index is 1260. The summed E-state index contributed by atoms with van der Waals surface area (Å²) in [4.78, 5) is 18.0. The maximum Gasteiger partial charge on any atom is 0.236 e. The number of nitrogens with zero attached hydrogens (tertiary/aromatic N) is 4. The van der Waals surface area contributed by atoms with E-state index in [1.54, 1.807) is 18.4 Å². The number of fused-ring (bicyclic) bond motifs is 3. The molecular formula is C24H28ClN5O2S. The molecule has 0 spiro atoms. The smallest absolute Gasteiger partial charge is 0.236 e. The Balaban J connectivity index is 0.00000259. The summed E-state index contributed by atoms with van der Waals surface area (Å²) in [6, 6.07) is 10.2. The van der Waals surface area contributed by atoms with Gasteiger partial charge in [-0.1, -0.05) is 6.92 Å². The molecule has 1 aromatic carbocycles. The van der Waals surface area contributed by atoms with Gasteiger partial charge in [0.1, 0.15) is 20.8 Å². The van der Waals surface area contributed by atoms with Crippen molar-refractivity contribution in [1.29, 1.82) is 0 Å². The van der Waals surface area contributed by atoms with E-state index in [0.717, 1.165) is 76.0 Å². The van der Waals surface area contributed by atoms with Crippen LogP contribution in [0, 0.1) is 0 Å². The van der Waals surface area contributed by atoms with Gasteiger partial charge in [0.25, 0.3) is 0 Å². The Morgan fingerprint density at radius 3 is 2.48 bits per heavy atom. The van der Waals surface area contributed by atoms with Crippen molar-refractivity contribution in [3.63, 3.8) is 0 Å². The summed E-state index contributed by atoms with van der Waals surface area (Å²) >= 11 is 1.61. The molecular weight excluding hydrogens is 458 g/mol. The molecule has 0 atom stereocenters. The quantitative estimate of drug-likeness (QED) is 0.424. The fourth-order valence-electron chi connectivity index (χ4n) is 4.11. The minimum Gasteiger partial charge on any atom is -0.497 e. The van der Waals surface area contributed by atoms with Crippen molar-refractivity contribution in [3.8, 4) is 22.9 Å². The van der Waals surface area contributed by atoms with Gasteiger partial charge in [-0.15, -0.1) is 23.7 Å². The normalized spacial score (nSPS) is 13.8. The fraction of sp³-hybridized carbons (Fsp3) is 0.375. The molecule has 174 valence electrons. The van der Waals surface area contributed by atoms with Crippen molar-refractivity contribution < 1.29 is 9.47 Å². The van der Waals surface area contributed by atoms with E-state index in [2.05, 4.69) is 23.2 Å². The first-order chi connectivity index (χ1) is 15.7. The lowest BCUT2D eigenvalue weighted by atomic mass is 10.0. The van der Waals surface area contributed by atoms with Crippen LogP contribution < -0.4 is 19.7 Å². The van der Waals surface area contributed by atoms with Crippen molar-refractivity contribution in [1.82, 2.24) is 20.3 Å². The van der Waals surface area contributed by atoms with Gasteiger partial charge in [-0.2, -0.15) is 4.98 Å². The van der Waals surface area contributed by atoms with Crippen LogP contribution in [0.15, 0.2) is 30.3 Å². The zero-order valence-corrected chi connectivity index (χ0v) is 20.7. The van der Waals surface area contributed by atoms with E-state index in [0.29, 0.717) is 12.5 Å². The summed E-state index contributed by atoms with van der Waals surface area (Å²) in [6.07, 6.45) is 0.894. The molecule has 9 heteroatoms. The third-order valence-corrected chi connectivity index (χ3v) is 6.83. The SMILES string of the molecule is CCOc1nc(N2CCNCC2)nc2c1sc1nc(-c3ccc(OC)cc3)cc(CC)c12.Cl. The van der Waals surface area contributed by atoms with Crippen LogP contribution in [0.4, 0.5) is 5.95 Å². The number of hydrogen-bond donors (Lipinski definition) is 1. The minimum absolute atomic E-state index is 0.